The van der Waals surface area contributed by atoms with E-state index < -0.39 is 17.7 Å². The van der Waals surface area contributed by atoms with Crippen LogP contribution in [0.15, 0.2) is 24.3 Å². The molecular formula is C12H10F4N2S. The summed E-state index contributed by atoms with van der Waals surface area (Å²) in [5.41, 5.74) is -0.198. The van der Waals surface area contributed by atoms with Crippen LogP contribution in [0, 0.1) is 17.4 Å². The molecule has 0 saturated heterocycles. The van der Waals surface area contributed by atoms with E-state index in [-0.39, 0.29) is 16.7 Å². The SMILES string of the molecule is Cc1c(C(F)(F)F)[nH]n(Cc2ccc(F)cc2)c1=S. The largest absolute Gasteiger partial charge is 0.433 e. The van der Waals surface area contributed by atoms with Gasteiger partial charge < -0.3 is 0 Å². The Morgan fingerprint density at radius 1 is 1.21 bits per heavy atom. The number of aromatic amines is 1. The lowest BCUT2D eigenvalue weighted by Crippen LogP contribution is -2.09. The van der Waals surface area contributed by atoms with Gasteiger partial charge in [-0.25, -0.2) is 4.39 Å². The van der Waals surface area contributed by atoms with Gasteiger partial charge in [-0.05, 0) is 24.6 Å². The number of H-pyrrole nitrogens is 1. The van der Waals surface area contributed by atoms with Crippen molar-refractivity contribution in [2.75, 3.05) is 0 Å². The van der Waals surface area contributed by atoms with Crippen molar-refractivity contribution in [1.29, 1.82) is 0 Å². The first-order chi connectivity index (χ1) is 8.79. The molecule has 2 rings (SSSR count). The molecular weight excluding hydrogens is 280 g/mol. The fourth-order valence-corrected chi connectivity index (χ4v) is 1.95. The average molecular weight is 290 g/mol. The number of halogens is 4. The molecule has 1 N–H and O–H groups in total. The molecule has 0 aliphatic rings. The maximum absolute atomic E-state index is 12.7. The standard InChI is InChI=1S/C12H10F4N2S/c1-7-10(12(14,15)16)17-18(11(7)19)6-8-2-4-9(13)5-3-8/h2-5,17H,6H2,1H3. The topological polar surface area (TPSA) is 20.7 Å². The summed E-state index contributed by atoms with van der Waals surface area (Å²) in [6.45, 7) is 1.46. The van der Waals surface area contributed by atoms with Crippen molar-refractivity contribution in [3.05, 3.63) is 51.5 Å². The maximum atomic E-state index is 12.7. The van der Waals surface area contributed by atoms with E-state index in [1.54, 1.807) is 0 Å². The van der Waals surface area contributed by atoms with Crippen molar-refractivity contribution >= 4 is 12.2 Å². The predicted molar refractivity (Wildman–Crippen MR) is 64.9 cm³/mol. The van der Waals surface area contributed by atoms with Gasteiger partial charge in [-0.15, -0.1) is 0 Å². The molecule has 1 heterocycles. The van der Waals surface area contributed by atoms with Crippen LogP contribution in [0.3, 0.4) is 0 Å². The highest BCUT2D eigenvalue weighted by Gasteiger charge is 2.35. The fraction of sp³-hybridized carbons (Fsp3) is 0.250. The van der Waals surface area contributed by atoms with Gasteiger partial charge in [0.25, 0.3) is 0 Å². The van der Waals surface area contributed by atoms with Crippen LogP contribution in [0.5, 0.6) is 0 Å². The first-order valence-corrected chi connectivity index (χ1v) is 5.81. The minimum atomic E-state index is -4.47. The van der Waals surface area contributed by atoms with E-state index in [0.717, 1.165) is 0 Å². The third kappa shape index (κ3) is 2.86. The van der Waals surface area contributed by atoms with E-state index in [4.69, 9.17) is 12.2 Å². The molecule has 0 aliphatic carbocycles. The molecule has 0 atom stereocenters. The third-order valence-electron chi connectivity index (χ3n) is 2.73. The maximum Gasteiger partial charge on any atom is 0.433 e. The third-order valence-corrected chi connectivity index (χ3v) is 3.25. The van der Waals surface area contributed by atoms with Crippen LogP contribution in [0.1, 0.15) is 16.8 Å². The first-order valence-electron chi connectivity index (χ1n) is 5.40. The monoisotopic (exact) mass is 290 g/mol. The molecule has 19 heavy (non-hydrogen) atoms. The molecule has 7 heteroatoms. The van der Waals surface area contributed by atoms with E-state index in [9.17, 15) is 17.6 Å². The van der Waals surface area contributed by atoms with E-state index in [0.29, 0.717) is 5.56 Å². The summed E-state index contributed by atoms with van der Waals surface area (Å²) < 4.78 is 52.1. The van der Waals surface area contributed by atoms with Gasteiger partial charge >= 0.3 is 6.18 Å². The molecule has 0 unspecified atom stereocenters. The molecule has 2 aromatic rings. The highest BCUT2D eigenvalue weighted by atomic mass is 32.1. The van der Waals surface area contributed by atoms with Gasteiger partial charge in [0.1, 0.15) is 16.2 Å². The molecule has 1 aromatic heterocycles. The number of benzene rings is 1. The van der Waals surface area contributed by atoms with Crippen molar-refractivity contribution in [2.24, 2.45) is 0 Å². The highest BCUT2D eigenvalue weighted by Crippen LogP contribution is 2.31. The normalized spacial score (nSPS) is 11.8. The number of alkyl halides is 3. The van der Waals surface area contributed by atoms with Crippen molar-refractivity contribution in [1.82, 2.24) is 9.78 Å². The second-order valence-electron chi connectivity index (χ2n) is 4.13. The second-order valence-corrected chi connectivity index (χ2v) is 4.51. The molecule has 0 amide bonds. The predicted octanol–water partition coefficient (Wildman–Crippen LogP) is 4.06. The fourth-order valence-electron chi connectivity index (χ4n) is 1.74. The van der Waals surface area contributed by atoms with Gasteiger partial charge in [-0.2, -0.15) is 13.2 Å². The van der Waals surface area contributed by atoms with Crippen molar-refractivity contribution < 1.29 is 17.6 Å². The molecule has 0 fully saturated rings. The van der Waals surface area contributed by atoms with Crippen LogP contribution >= 0.6 is 12.2 Å². The molecule has 0 aliphatic heterocycles. The Bertz CT molecular complexity index is 637. The number of aromatic nitrogens is 2. The minimum Gasteiger partial charge on any atom is -0.292 e. The van der Waals surface area contributed by atoms with E-state index in [2.05, 4.69) is 5.10 Å². The van der Waals surface area contributed by atoms with Crippen LogP contribution in [0.25, 0.3) is 0 Å². The Labute approximate surface area is 111 Å². The zero-order valence-corrected chi connectivity index (χ0v) is 10.7. The molecule has 1 aromatic carbocycles. The summed E-state index contributed by atoms with van der Waals surface area (Å²) in [5.74, 6) is -0.397. The van der Waals surface area contributed by atoms with Gasteiger partial charge in [0.15, 0.2) is 0 Å². The summed E-state index contributed by atoms with van der Waals surface area (Å²) in [4.78, 5) is 0. The Kier molecular flexibility index (Phi) is 3.49. The highest BCUT2D eigenvalue weighted by molar-refractivity contribution is 7.71. The van der Waals surface area contributed by atoms with Crippen LogP contribution in [0.2, 0.25) is 0 Å². The second kappa shape index (κ2) is 4.80. The minimum absolute atomic E-state index is 0.00962. The lowest BCUT2D eigenvalue weighted by molar-refractivity contribution is -0.141. The molecule has 0 bridgehead atoms. The first kappa shape index (κ1) is 13.8. The van der Waals surface area contributed by atoms with Crippen LogP contribution in [0.4, 0.5) is 17.6 Å². The summed E-state index contributed by atoms with van der Waals surface area (Å²) in [7, 11) is 0. The van der Waals surface area contributed by atoms with Crippen molar-refractivity contribution in [3.63, 3.8) is 0 Å². The lowest BCUT2D eigenvalue weighted by atomic mass is 10.2. The van der Waals surface area contributed by atoms with Crippen LogP contribution < -0.4 is 0 Å². The number of hydrogen-bond acceptors (Lipinski definition) is 1. The Morgan fingerprint density at radius 3 is 2.26 bits per heavy atom. The van der Waals surface area contributed by atoms with Crippen molar-refractivity contribution in [2.45, 2.75) is 19.6 Å². The summed E-state index contributed by atoms with van der Waals surface area (Å²) in [6.07, 6.45) is -4.47. The molecule has 0 spiro atoms. The number of nitrogens with one attached hydrogen (secondary N) is 1. The lowest BCUT2D eigenvalue weighted by Gasteiger charge is -2.05. The summed E-state index contributed by atoms with van der Waals surface area (Å²) in [6, 6.07) is 5.50. The number of rotatable bonds is 2. The van der Waals surface area contributed by atoms with E-state index >= 15 is 0 Å². The van der Waals surface area contributed by atoms with Gasteiger partial charge in [-0.1, -0.05) is 24.4 Å². The van der Waals surface area contributed by atoms with E-state index in [1.807, 2.05) is 0 Å². The zero-order chi connectivity index (χ0) is 14.2. The zero-order valence-electron chi connectivity index (χ0n) is 9.88. The van der Waals surface area contributed by atoms with E-state index in [1.165, 1.54) is 35.9 Å². The Hall–Kier alpha value is -1.63. The van der Waals surface area contributed by atoms with Gasteiger partial charge in [0.2, 0.25) is 0 Å². The molecule has 2 nitrogen and oxygen atoms in total. The van der Waals surface area contributed by atoms with Gasteiger partial charge in [0.05, 0.1) is 6.54 Å². The van der Waals surface area contributed by atoms with Crippen molar-refractivity contribution in [3.8, 4) is 0 Å². The van der Waals surface area contributed by atoms with Gasteiger partial charge in [0, 0.05) is 5.56 Å². The average Bonchev–Trinajstić information content (AvgIpc) is 2.60. The molecule has 102 valence electrons. The Balaban J connectivity index is 2.37. The smallest absolute Gasteiger partial charge is 0.292 e. The van der Waals surface area contributed by atoms with Crippen LogP contribution in [-0.2, 0) is 12.7 Å². The van der Waals surface area contributed by atoms with Crippen LogP contribution in [-0.4, -0.2) is 9.78 Å². The Morgan fingerprint density at radius 2 is 1.79 bits per heavy atom. The summed E-state index contributed by atoms with van der Waals surface area (Å²) in [5, 5.41) is 2.25. The molecule has 0 radical (unpaired) electrons. The molecule has 0 saturated carbocycles. The number of hydrogen-bond donors (Lipinski definition) is 1. The number of nitrogens with zero attached hydrogens (tertiary/aromatic N) is 1. The quantitative estimate of drug-likeness (QED) is 0.653. The van der Waals surface area contributed by atoms with Gasteiger partial charge in [-0.3, -0.25) is 9.78 Å². The summed E-state index contributed by atoms with van der Waals surface area (Å²) >= 11 is 4.97.